The van der Waals surface area contributed by atoms with Crippen molar-refractivity contribution in [3.8, 4) is 22.1 Å². The lowest BCUT2D eigenvalue weighted by Gasteiger charge is -2.00. The predicted molar refractivity (Wildman–Crippen MR) is 106 cm³/mol. The first kappa shape index (κ1) is 16.2. The number of carbonyl (C=O) groups excluding carboxylic acids is 1. The van der Waals surface area contributed by atoms with Crippen LogP contribution in [-0.4, -0.2) is 22.9 Å². The van der Waals surface area contributed by atoms with Crippen molar-refractivity contribution in [1.29, 1.82) is 0 Å². The maximum absolute atomic E-state index is 12.7. The molecule has 1 aliphatic heterocycles. The van der Waals surface area contributed by atoms with Crippen molar-refractivity contribution >= 4 is 43.8 Å². The van der Waals surface area contributed by atoms with Crippen molar-refractivity contribution in [2.45, 2.75) is 6.92 Å². The van der Waals surface area contributed by atoms with E-state index in [0.717, 1.165) is 27.0 Å². The second-order valence-corrected chi connectivity index (χ2v) is 8.02. The molecular weight excluding hydrogens is 382 g/mol. The minimum absolute atomic E-state index is 0.165. The number of nitrogens with one attached hydrogen (secondary N) is 1. The predicted octanol–water partition coefficient (Wildman–Crippen LogP) is 4.71. The lowest BCUT2D eigenvalue weighted by atomic mass is 10.1. The number of fused-ring (bicyclic) bond motifs is 2. The van der Waals surface area contributed by atoms with E-state index in [4.69, 9.17) is 9.47 Å². The van der Waals surface area contributed by atoms with Gasteiger partial charge in [-0.2, -0.15) is 0 Å². The normalized spacial score (nSPS) is 12.5. The van der Waals surface area contributed by atoms with Gasteiger partial charge < -0.3 is 9.47 Å². The first-order valence-corrected chi connectivity index (χ1v) is 9.85. The number of rotatable bonds is 3. The Labute approximate surface area is 162 Å². The van der Waals surface area contributed by atoms with E-state index in [2.05, 4.69) is 15.5 Å². The van der Waals surface area contributed by atoms with Crippen LogP contribution in [0.15, 0.2) is 42.5 Å². The summed E-state index contributed by atoms with van der Waals surface area (Å²) in [5.74, 6) is 1.24. The number of amides is 1. The van der Waals surface area contributed by atoms with Crippen LogP contribution < -0.4 is 14.8 Å². The molecule has 0 bridgehead atoms. The van der Waals surface area contributed by atoms with E-state index in [0.29, 0.717) is 20.8 Å². The quantitative estimate of drug-likeness (QED) is 0.544. The molecule has 0 spiro atoms. The van der Waals surface area contributed by atoms with Gasteiger partial charge in [0, 0.05) is 10.3 Å². The number of aromatic nitrogens is 2. The Morgan fingerprint density at radius 3 is 2.81 bits per heavy atom. The van der Waals surface area contributed by atoms with Crippen LogP contribution >= 0.6 is 22.7 Å². The lowest BCUT2D eigenvalue weighted by Crippen LogP contribution is -2.11. The van der Waals surface area contributed by atoms with Crippen LogP contribution in [0.3, 0.4) is 0 Å². The number of aryl methyl sites for hydroxylation is 1. The van der Waals surface area contributed by atoms with E-state index in [1.807, 2.05) is 49.4 Å². The third-order valence-electron chi connectivity index (χ3n) is 4.31. The molecule has 0 radical (unpaired) electrons. The summed E-state index contributed by atoms with van der Waals surface area (Å²) in [4.78, 5) is 13.4. The van der Waals surface area contributed by atoms with Gasteiger partial charge in [-0.3, -0.25) is 10.1 Å². The van der Waals surface area contributed by atoms with Gasteiger partial charge in [-0.25, -0.2) is 0 Å². The van der Waals surface area contributed by atoms with Gasteiger partial charge >= 0.3 is 0 Å². The monoisotopic (exact) mass is 395 g/mol. The molecule has 8 heteroatoms. The number of thiophene rings is 1. The molecule has 3 heterocycles. The van der Waals surface area contributed by atoms with Crippen LogP contribution in [0.1, 0.15) is 15.2 Å². The highest BCUT2D eigenvalue weighted by atomic mass is 32.1. The van der Waals surface area contributed by atoms with E-state index in [9.17, 15) is 4.79 Å². The molecule has 0 saturated carbocycles. The molecule has 1 aliphatic rings. The second-order valence-electron chi connectivity index (χ2n) is 5.99. The molecule has 0 fully saturated rings. The Bertz CT molecular complexity index is 1180. The fourth-order valence-corrected chi connectivity index (χ4v) is 4.80. The average Bonchev–Trinajstić information content (AvgIpc) is 3.40. The maximum atomic E-state index is 12.7. The highest BCUT2D eigenvalue weighted by Gasteiger charge is 2.19. The standard InChI is InChI=1S/C19H13N3O3S2/c1-10-12-4-2-3-5-15(12)26-16(10)17(23)20-19-22-21-18(27-19)11-6-7-13-14(8-11)25-9-24-13/h2-8H,9H2,1H3,(H,20,22,23). The van der Waals surface area contributed by atoms with Gasteiger partial charge in [0.15, 0.2) is 11.5 Å². The molecule has 4 aromatic rings. The molecule has 0 atom stereocenters. The molecule has 0 saturated heterocycles. The lowest BCUT2D eigenvalue weighted by molar-refractivity contribution is 0.103. The smallest absolute Gasteiger partial charge is 0.267 e. The summed E-state index contributed by atoms with van der Waals surface area (Å²) in [7, 11) is 0. The number of hydrogen-bond donors (Lipinski definition) is 1. The van der Waals surface area contributed by atoms with Crippen LogP contribution in [0.5, 0.6) is 11.5 Å². The Morgan fingerprint density at radius 2 is 1.93 bits per heavy atom. The Kier molecular flexibility index (Phi) is 3.80. The molecular formula is C19H13N3O3S2. The van der Waals surface area contributed by atoms with Crippen molar-refractivity contribution in [3.05, 3.63) is 52.9 Å². The summed E-state index contributed by atoms with van der Waals surface area (Å²) in [6.45, 7) is 2.19. The molecule has 0 aliphatic carbocycles. The summed E-state index contributed by atoms with van der Waals surface area (Å²) in [5, 5.41) is 13.4. The maximum Gasteiger partial charge on any atom is 0.267 e. The fraction of sp³-hybridized carbons (Fsp3) is 0.105. The second kappa shape index (κ2) is 6.33. The number of ether oxygens (including phenoxy) is 2. The number of benzene rings is 2. The largest absolute Gasteiger partial charge is 0.454 e. The van der Waals surface area contributed by atoms with Crippen molar-refractivity contribution in [2.24, 2.45) is 0 Å². The third-order valence-corrected chi connectivity index (χ3v) is 6.47. The van der Waals surface area contributed by atoms with Gasteiger partial charge in [0.05, 0.1) is 4.88 Å². The summed E-state index contributed by atoms with van der Waals surface area (Å²) in [6, 6.07) is 13.6. The topological polar surface area (TPSA) is 73.3 Å². The molecule has 2 aromatic carbocycles. The summed E-state index contributed by atoms with van der Waals surface area (Å²) >= 11 is 2.80. The van der Waals surface area contributed by atoms with E-state index >= 15 is 0 Å². The molecule has 1 amide bonds. The van der Waals surface area contributed by atoms with Gasteiger partial charge in [-0.05, 0) is 42.1 Å². The summed E-state index contributed by atoms with van der Waals surface area (Å²) < 4.78 is 11.8. The molecule has 1 N–H and O–H groups in total. The molecule has 6 nitrogen and oxygen atoms in total. The summed E-state index contributed by atoms with van der Waals surface area (Å²) in [6.07, 6.45) is 0. The van der Waals surface area contributed by atoms with Crippen LogP contribution in [0.4, 0.5) is 5.13 Å². The highest BCUT2D eigenvalue weighted by Crippen LogP contribution is 2.37. The molecule has 5 rings (SSSR count). The van der Waals surface area contributed by atoms with Gasteiger partial charge in [-0.1, -0.05) is 29.5 Å². The van der Waals surface area contributed by atoms with Crippen molar-refractivity contribution in [1.82, 2.24) is 10.2 Å². The number of carbonyl (C=O) groups is 1. The van der Waals surface area contributed by atoms with E-state index in [1.54, 1.807) is 0 Å². The Morgan fingerprint density at radius 1 is 1.07 bits per heavy atom. The van der Waals surface area contributed by atoms with Crippen LogP contribution in [0.2, 0.25) is 0 Å². The minimum Gasteiger partial charge on any atom is -0.454 e. The van der Waals surface area contributed by atoms with Crippen molar-refractivity contribution in [2.75, 3.05) is 12.1 Å². The zero-order valence-electron chi connectivity index (χ0n) is 14.2. The third kappa shape index (κ3) is 2.83. The zero-order valence-corrected chi connectivity index (χ0v) is 15.8. The van der Waals surface area contributed by atoms with Gasteiger partial charge in [-0.15, -0.1) is 21.5 Å². The number of anilines is 1. The van der Waals surface area contributed by atoms with Crippen molar-refractivity contribution in [3.63, 3.8) is 0 Å². The SMILES string of the molecule is Cc1c(C(=O)Nc2nnc(-c3ccc4c(c3)OCO4)s2)sc2ccccc12. The number of hydrogen-bond acceptors (Lipinski definition) is 7. The van der Waals surface area contributed by atoms with Crippen molar-refractivity contribution < 1.29 is 14.3 Å². The number of nitrogens with zero attached hydrogens (tertiary/aromatic N) is 2. The average molecular weight is 395 g/mol. The minimum atomic E-state index is -0.165. The van der Waals surface area contributed by atoms with Crippen LogP contribution in [-0.2, 0) is 0 Å². The van der Waals surface area contributed by atoms with E-state index < -0.39 is 0 Å². The molecule has 2 aromatic heterocycles. The van der Waals surface area contributed by atoms with E-state index in [1.165, 1.54) is 22.7 Å². The molecule has 27 heavy (non-hydrogen) atoms. The zero-order chi connectivity index (χ0) is 18.4. The first-order valence-electron chi connectivity index (χ1n) is 8.22. The van der Waals surface area contributed by atoms with Crippen LogP contribution in [0, 0.1) is 6.92 Å². The van der Waals surface area contributed by atoms with Gasteiger partial charge in [0.1, 0.15) is 5.01 Å². The van der Waals surface area contributed by atoms with Gasteiger partial charge in [0.25, 0.3) is 5.91 Å². The summed E-state index contributed by atoms with van der Waals surface area (Å²) in [5.41, 5.74) is 1.85. The Hall–Kier alpha value is -2.97. The van der Waals surface area contributed by atoms with Crippen LogP contribution in [0.25, 0.3) is 20.7 Å². The molecule has 134 valence electrons. The highest BCUT2D eigenvalue weighted by molar-refractivity contribution is 7.21. The Balaban J connectivity index is 1.40. The fourth-order valence-electron chi connectivity index (χ4n) is 2.96. The molecule has 0 unspecified atom stereocenters. The van der Waals surface area contributed by atoms with Gasteiger partial charge in [0.2, 0.25) is 11.9 Å². The van der Waals surface area contributed by atoms with E-state index in [-0.39, 0.29) is 12.7 Å². The first-order chi connectivity index (χ1) is 13.2.